The predicted octanol–water partition coefficient (Wildman–Crippen LogP) is 4.81. The molecule has 2 rings (SSSR count). The van der Waals surface area contributed by atoms with E-state index in [-0.39, 0.29) is 24.1 Å². The molecule has 1 unspecified atom stereocenters. The minimum atomic E-state index is -4.30. The SMILES string of the molecule is CC(C)CC(=O)NC(C)c1ccc(C(=O)O)cc1.OCc1ccc(C(F)(F)F)cc1. The maximum absolute atomic E-state index is 12.0. The fourth-order valence-corrected chi connectivity index (χ4v) is 2.47. The van der Waals surface area contributed by atoms with Gasteiger partial charge >= 0.3 is 12.1 Å². The van der Waals surface area contributed by atoms with Crippen molar-refractivity contribution in [2.24, 2.45) is 5.92 Å². The van der Waals surface area contributed by atoms with Crippen LogP contribution < -0.4 is 5.32 Å². The van der Waals surface area contributed by atoms with Crippen LogP contribution in [0.25, 0.3) is 0 Å². The van der Waals surface area contributed by atoms with E-state index in [9.17, 15) is 22.8 Å². The lowest BCUT2D eigenvalue weighted by atomic mass is 10.1. The van der Waals surface area contributed by atoms with Gasteiger partial charge < -0.3 is 15.5 Å². The van der Waals surface area contributed by atoms with Gasteiger partial charge in [0.1, 0.15) is 0 Å². The Morgan fingerprint density at radius 1 is 0.967 bits per heavy atom. The van der Waals surface area contributed by atoms with Crippen LogP contribution in [0.1, 0.15) is 60.3 Å². The summed E-state index contributed by atoms with van der Waals surface area (Å²) in [6.45, 7) is 5.63. The van der Waals surface area contributed by atoms with Gasteiger partial charge in [0.25, 0.3) is 0 Å². The lowest BCUT2D eigenvalue weighted by Crippen LogP contribution is -2.27. The number of carbonyl (C=O) groups is 2. The van der Waals surface area contributed by atoms with Gasteiger partial charge in [-0.1, -0.05) is 38.1 Å². The molecule has 0 aliphatic heterocycles. The molecule has 30 heavy (non-hydrogen) atoms. The van der Waals surface area contributed by atoms with Gasteiger partial charge in [-0.3, -0.25) is 4.79 Å². The molecule has 164 valence electrons. The first kappa shape index (κ1) is 25.2. The van der Waals surface area contributed by atoms with Crippen molar-refractivity contribution < 1.29 is 33.0 Å². The number of rotatable bonds is 6. The second kappa shape index (κ2) is 11.3. The highest BCUT2D eigenvalue weighted by Crippen LogP contribution is 2.29. The van der Waals surface area contributed by atoms with E-state index in [0.717, 1.165) is 17.7 Å². The van der Waals surface area contributed by atoms with Crippen LogP contribution in [0.3, 0.4) is 0 Å². The predicted molar refractivity (Wildman–Crippen MR) is 107 cm³/mol. The van der Waals surface area contributed by atoms with Crippen LogP contribution in [0, 0.1) is 5.92 Å². The molecule has 5 nitrogen and oxygen atoms in total. The van der Waals surface area contributed by atoms with Crippen LogP contribution in [0.5, 0.6) is 0 Å². The summed E-state index contributed by atoms with van der Waals surface area (Å²) >= 11 is 0. The second-order valence-electron chi connectivity index (χ2n) is 7.17. The van der Waals surface area contributed by atoms with Crippen LogP contribution >= 0.6 is 0 Å². The molecule has 0 saturated heterocycles. The monoisotopic (exact) mass is 425 g/mol. The average Bonchev–Trinajstić information content (AvgIpc) is 2.67. The van der Waals surface area contributed by atoms with E-state index in [2.05, 4.69) is 5.32 Å². The van der Waals surface area contributed by atoms with Crippen molar-refractivity contribution in [2.45, 2.75) is 46.0 Å². The average molecular weight is 425 g/mol. The van der Waals surface area contributed by atoms with Gasteiger partial charge in [-0.05, 0) is 48.2 Å². The molecule has 0 radical (unpaired) electrons. The lowest BCUT2D eigenvalue weighted by Gasteiger charge is -2.15. The molecule has 3 N–H and O–H groups in total. The Hall–Kier alpha value is -2.87. The lowest BCUT2D eigenvalue weighted by molar-refractivity contribution is -0.137. The molecule has 0 spiro atoms. The summed E-state index contributed by atoms with van der Waals surface area (Å²) in [4.78, 5) is 22.3. The highest BCUT2D eigenvalue weighted by Gasteiger charge is 2.29. The Morgan fingerprint density at radius 3 is 1.90 bits per heavy atom. The molecule has 0 aromatic heterocycles. The van der Waals surface area contributed by atoms with Crippen molar-refractivity contribution in [2.75, 3.05) is 0 Å². The molecule has 1 atom stereocenters. The number of aliphatic hydroxyl groups excluding tert-OH is 1. The molecule has 0 fully saturated rings. The zero-order valence-corrected chi connectivity index (χ0v) is 17.0. The molecule has 2 aromatic carbocycles. The molecule has 8 heteroatoms. The summed E-state index contributed by atoms with van der Waals surface area (Å²) in [7, 11) is 0. The van der Waals surface area contributed by atoms with E-state index in [1.165, 1.54) is 12.1 Å². The highest BCUT2D eigenvalue weighted by molar-refractivity contribution is 5.87. The Balaban J connectivity index is 0.000000325. The first-order valence-corrected chi connectivity index (χ1v) is 9.33. The number of aromatic carboxylic acids is 1. The minimum absolute atomic E-state index is 0.0137. The largest absolute Gasteiger partial charge is 0.478 e. The smallest absolute Gasteiger partial charge is 0.416 e. The van der Waals surface area contributed by atoms with Crippen molar-refractivity contribution in [3.8, 4) is 0 Å². The number of amides is 1. The molecule has 0 saturated carbocycles. The Kier molecular flexibility index (Phi) is 9.52. The third-order valence-corrected chi connectivity index (χ3v) is 4.09. The van der Waals surface area contributed by atoms with Gasteiger partial charge in [0, 0.05) is 6.42 Å². The number of aliphatic hydroxyl groups is 1. The fourth-order valence-electron chi connectivity index (χ4n) is 2.47. The van der Waals surface area contributed by atoms with E-state index < -0.39 is 17.7 Å². The minimum Gasteiger partial charge on any atom is -0.478 e. The van der Waals surface area contributed by atoms with Gasteiger partial charge in [0.2, 0.25) is 5.91 Å². The molecular weight excluding hydrogens is 399 g/mol. The number of carbonyl (C=O) groups excluding carboxylic acids is 1. The van der Waals surface area contributed by atoms with Gasteiger partial charge in [-0.25, -0.2) is 4.79 Å². The van der Waals surface area contributed by atoms with Crippen LogP contribution in [-0.2, 0) is 17.6 Å². The van der Waals surface area contributed by atoms with Gasteiger partial charge in [0.15, 0.2) is 0 Å². The van der Waals surface area contributed by atoms with Crippen molar-refractivity contribution in [3.63, 3.8) is 0 Å². The summed E-state index contributed by atoms with van der Waals surface area (Å²) < 4.78 is 35.9. The first-order chi connectivity index (χ1) is 13.9. The van der Waals surface area contributed by atoms with Crippen molar-refractivity contribution in [1.29, 1.82) is 0 Å². The van der Waals surface area contributed by atoms with Crippen LogP contribution in [0.4, 0.5) is 13.2 Å². The first-order valence-electron chi connectivity index (χ1n) is 9.33. The maximum atomic E-state index is 12.0. The number of hydrogen-bond acceptors (Lipinski definition) is 3. The van der Waals surface area contributed by atoms with Crippen LogP contribution in [0.2, 0.25) is 0 Å². The number of hydrogen-bond donors (Lipinski definition) is 3. The molecule has 0 aliphatic carbocycles. The van der Waals surface area contributed by atoms with Gasteiger partial charge in [-0.2, -0.15) is 13.2 Å². The quantitative estimate of drug-likeness (QED) is 0.620. The van der Waals surface area contributed by atoms with E-state index in [1.807, 2.05) is 20.8 Å². The van der Waals surface area contributed by atoms with E-state index in [0.29, 0.717) is 17.9 Å². The summed E-state index contributed by atoms with van der Waals surface area (Å²) in [5, 5.41) is 20.2. The van der Waals surface area contributed by atoms with Crippen molar-refractivity contribution in [3.05, 3.63) is 70.8 Å². The fraction of sp³-hybridized carbons (Fsp3) is 0.364. The molecule has 0 bridgehead atoms. The van der Waals surface area contributed by atoms with Crippen LogP contribution in [0.15, 0.2) is 48.5 Å². The van der Waals surface area contributed by atoms with E-state index in [1.54, 1.807) is 24.3 Å². The summed E-state index contributed by atoms with van der Waals surface area (Å²) in [5.74, 6) is -0.607. The molecule has 0 heterocycles. The van der Waals surface area contributed by atoms with Gasteiger partial charge in [-0.15, -0.1) is 0 Å². The zero-order chi connectivity index (χ0) is 22.9. The molecule has 0 aliphatic rings. The topological polar surface area (TPSA) is 86.6 Å². The number of alkyl halides is 3. The van der Waals surface area contributed by atoms with Gasteiger partial charge in [0.05, 0.1) is 23.8 Å². The zero-order valence-electron chi connectivity index (χ0n) is 17.0. The maximum Gasteiger partial charge on any atom is 0.416 e. The summed E-state index contributed by atoms with van der Waals surface area (Å²) in [6, 6.07) is 10.8. The third kappa shape index (κ3) is 8.65. The highest BCUT2D eigenvalue weighted by atomic mass is 19.4. The summed E-state index contributed by atoms with van der Waals surface area (Å²) in [5.41, 5.74) is 0.930. The number of nitrogens with one attached hydrogen (secondary N) is 1. The Labute approximate surface area is 173 Å². The second-order valence-corrected chi connectivity index (χ2v) is 7.17. The van der Waals surface area contributed by atoms with E-state index >= 15 is 0 Å². The number of halogens is 3. The summed E-state index contributed by atoms with van der Waals surface area (Å²) in [6.07, 6.45) is -3.80. The molecular formula is C22H26F3NO4. The molecule has 1 amide bonds. The third-order valence-electron chi connectivity index (χ3n) is 4.09. The van der Waals surface area contributed by atoms with Crippen molar-refractivity contribution >= 4 is 11.9 Å². The number of benzene rings is 2. The van der Waals surface area contributed by atoms with Crippen LogP contribution in [-0.4, -0.2) is 22.1 Å². The van der Waals surface area contributed by atoms with E-state index in [4.69, 9.17) is 10.2 Å². The normalized spacial score (nSPS) is 12.0. The Bertz CT molecular complexity index is 816. The standard InChI is InChI=1S/C14H19NO3.C8H7F3O/c1-9(2)8-13(16)15-10(3)11-4-6-12(7-5-11)14(17)18;9-8(10,11)7-3-1-6(5-12)2-4-7/h4-7,9-10H,8H2,1-3H3,(H,15,16)(H,17,18);1-4,12H,5H2. The van der Waals surface area contributed by atoms with Crippen molar-refractivity contribution in [1.82, 2.24) is 5.32 Å². The number of carboxylic acids is 1. The molecule has 2 aromatic rings. The number of carboxylic acid groups (broad SMARTS) is 1. The Morgan fingerprint density at radius 2 is 1.50 bits per heavy atom.